The van der Waals surface area contributed by atoms with Crippen LogP contribution in [0.15, 0.2) is 60.8 Å². The van der Waals surface area contributed by atoms with Gasteiger partial charge in [0.05, 0.1) is 23.1 Å². The topological polar surface area (TPSA) is 122 Å². The van der Waals surface area contributed by atoms with Crippen molar-refractivity contribution in [1.29, 1.82) is 0 Å². The number of para-hydroxylation sites is 1. The fraction of sp³-hybridized carbons (Fsp3) is 0.182. The van der Waals surface area contributed by atoms with Crippen LogP contribution in [-0.4, -0.2) is 38.5 Å². The number of rotatable bonds is 5. The molecule has 32 heavy (non-hydrogen) atoms. The number of aromatic nitrogens is 2. The molecule has 0 bridgehead atoms. The molecule has 2 aromatic carbocycles. The number of hydrogen-bond acceptors (Lipinski definition) is 6. The van der Waals surface area contributed by atoms with Gasteiger partial charge in [-0.2, -0.15) is 5.10 Å². The third-order valence-corrected chi connectivity index (χ3v) is 5.45. The molecule has 1 aliphatic rings. The summed E-state index contributed by atoms with van der Waals surface area (Å²) >= 11 is 4.44. The van der Waals surface area contributed by atoms with Gasteiger partial charge in [0.2, 0.25) is 5.91 Å². The summed E-state index contributed by atoms with van der Waals surface area (Å²) in [6, 6.07) is 15.7. The highest BCUT2D eigenvalue weighted by Gasteiger charge is 2.44. The van der Waals surface area contributed by atoms with Crippen LogP contribution in [0, 0.1) is 0 Å². The molecule has 1 fully saturated rings. The van der Waals surface area contributed by atoms with Crippen molar-refractivity contribution >= 4 is 41.7 Å². The number of benzene rings is 2. The Kier molecular flexibility index (Phi) is 5.49. The summed E-state index contributed by atoms with van der Waals surface area (Å²) in [5.74, 6) is -1.40. The molecule has 0 aliphatic carbocycles. The van der Waals surface area contributed by atoms with E-state index in [2.05, 4.69) is 28.4 Å². The fourth-order valence-electron chi connectivity index (χ4n) is 3.47. The van der Waals surface area contributed by atoms with Crippen LogP contribution in [0.5, 0.6) is 0 Å². The van der Waals surface area contributed by atoms with Crippen LogP contribution >= 0.6 is 12.6 Å². The summed E-state index contributed by atoms with van der Waals surface area (Å²) in [6.45, 7) is 3.54. The summed E-state index contributed by atoms with van der Waals surface area (Å²) in [5.41, 5.74) is 5.81. The van der Waals surface area contributed by atoms with Crippen molar-refractivity contribution in [3.05, 3.63) is 72.1 Å². The lowest BCUT2D eigenvalue weighted by atomic mass is 10.1. The number of nitrogens with one attached hydrogen (secondary N) is 2. The van der Waals surface area contributed by atoms with Gasteiger partial charge >= 0.3 is 0 Å². The maximum Gasteiger partial charge on any atom is 0.271 e. The Balaban J connectivity index is 1.62. The Morgan fingerprint density at radius 2 is 1.81 bits per heavy atom. The minimum Gasteiger partial charge on any atom is -0.364 e. The molecule has 4 N–H and O–H groups in total. The van der Waals surface area contributed by atoms with E-state index in [1.165, 1.54) is 15.8 Å². The Hall–Kier alpha value is -3.63. The first-order valence-corrected chi connectivity index (χ1v) is 10.3. The largest absolute Gasteiger partial charge is 0.364 e. The third kappa shape index (κ3) is 3.97. The van der Waals surface area contributed by atoms with E-state index in [1.54, 1.807) is 38.1 Å². The molecule has 3 amide bonds. The summed E-state index contributed by atoms with van der Waals surface area (Å²) in [4.78, 5) is 39.0. The monoisotopic (exact) mass is 450 g/mol. The zero-order valence-corrected chi connectivity index (χ0v) is 18.3. The van der Waals surface area contributed by atoms with Crippen LogP contribution in [0.2, 0.25) is 0 Å². The number of anilines is 2. The van der Waals surface area contributed by atoms with Gasteiger partial charge in [-0.3, -0.25) is 24.6 Å². The zero-order valence-electron chi connectivity index (χ0n) is 17.4. The number of carbonyl (C=O) groups is 3. The highest BCUT2D eigenvalue weighted by atomic mass is 32.1. The lowest BCUT2D eigenvalue weighted by Crippen LogP contribution is -2.40. The van der Waals surface area contributed by atoms with E-state index in [1.807, 2.05) is 30.3 Å². The molecule has 1 saturated heterocycles. The lowest BCUT2D eigenvalue weighted by molar-refractivity contribution is -0.121. The number of hydrogen-bond donors (Lipinski definition) is 4. The predicted molar refractivity (Wildman–Crippen MR) is 124 cm³/mol. The smallest absolute Gasteiger partial charge is 0.271 e. The van der Waals surface area contributed by atoms with E-state index in [9.17, 15) is 14.4 Å². The van der Waals surface area contributed by atoms with Crippen molar-refractivity contribution < 1.29 is 14.4 Å². The van der Waals surface area contributed by atoms with E-state index in [4.69, 9.17) is 5.73 Å². The number of amides is 3. The van der Waals surface area contributed by atoms with E-state index in [-0.39, 0.29) is 17.3 Å². The summed E-state index contributed by atoms with van der Waals surface area (Å²) in [7, 11) is 0. The van der Waals surface area contributed by atoms with Gasteiger partial charge in [-0.15, -0.1) is 12.6 Å². The average Bonchev–Trinajstić information content (AvgIpc) is 3.26. The maximum atomic E-state index is 13.0. The fourth-order valence-corrected chi connectivity index (χ4v) is 4.03. The van der Waals surface area contributed by atoms with Crippen molar-refractivity contribution in [2.75, 3.05) is 10.2 Å². The van der Waals surface area contributed by atoms with Crippen LogP contribution in [-0.2, 0) is 4.79 Å². The Labute approximate surface area is 190 Å². The minimum atomic E-state index is -0.771. The van der Waals surface area contributed by atoms with Crippen molar-refractivity contribution in [3.8, 4) is 5.69 Å². The Morgan fingerprint density at radius 3 is 2.44 bits per heavy atom. The zero-order chi connectivity index (χ0) is 23.0. The summed E-state index contributed by atoms with van der Waals surface area (Å²) in [6.07, 6.45) is 1.53. The quantitative estimate of drug-likeness (QED) is 0.444. The van der Waals surface area contributed by atoms with Gasteiger partial charge in [0, 0.05) is 11.3 Å². The SMILES string of the molecule is CC1(C)NC(S)N(c2cccc(C(=O)Nc3cn(-c4ccccc4)nc3C(N)=O)c2)C1=O. The minimum absolute atomic E-state index is 0.0607. The van der Waals surface area contributed by atoms with Crippen molar-refractivity contribution in [2.45, 2.75) is 24.9 Å². The molecule has 3 aromatic rings. The number of nitrogens with zero attached hydrogens (tertiary/aromatic N) is 3. The van der Waals surface area contributed by atoms with Crippen molar-refractivity contribution in [1.82, 2.24) is 15.1 Å². The molecule has 1 unspecified atom stereocenters. The summed E-state index contributed by atoms with van der Waals surface area (Å²) in [5, 5.41) is 9.99. The highest BCUT2D eigenvalue weighted by Crippen LogP contribution is 2.29. The van der Waals surface area contributed by atoms with Gasteiger partial charge in [0.25, 0.3) is 11.8 Å². The van der Waals surface area contributed by atoms with Crippen LogP contribution in [0.25, 0.3) is 5.69 Å². The van der Waals surface area contributed by atoms with Crippen LogP contribution in [0.1, 0.15) is 34.7 Å². The van der Waals surface area contributed by atoms with E-state index < -0.39 is 22.9 Å². The van der Waals surface area contributed by atoms with Gasteiger partial charge in [-0.25, -0.2) is 4.68 Å². The summed E-state index contributed by atoms with van der Waals surface area (Å²) < 4.78 is 1.47. The van der Waals surface area contributed by atoms with E-state index in [0.717, 1.165) is 0 Å². The van der Waals surface area contributed by atoms with Crippen molar-refractivity contribution in [2.24, 2.45) is 5.73 Å². The number of nitrogens with two attached hydrogens (primary N) is 1. The third-order valence-electron chi connectivity index (χ3n) is 5.09. The second kappa shape index (κ2) is 8.13. The number of thiol groups is 1. The molecule has 1 atom stereocenters. The molecule has 4 rings (SSSR count). The molecule has 0 radical (unpaired) electrons. The average molecular weight is 451 g/mol. The lowest BCUT2D eigenvalue weighted by Gasteiger charge is -2.21. The standard InChI is InChI=1S/C22H22N6O3S/c1-22(2)20(31)28(21(32)25-22)15-10-6-7-13(11-15)19(30)24-16-12-27(26-17(16)18(23)29)14-8-4-3-5-9-14/h3-12,21,25,32H,1-2H3,(H2,23,29)(H,24,30). The van der Waals surface area contributed by atoms with Gasteiger partial charge in [-0.1, -0.05) is 24.3 Å². The molecule has 164 valence electrons. The second-order valence-electron chi connectivity index (χ2n) is 7.86. The molecule has 1 aliphatic heterocycles. The van der Waals surface area contributed by atoms with Gasteiger partial charge in [-0.05, 0) is 44.2 Å². The molecular formula is C22H22N6O3S. The van der Waals surface area contributed by atoms with Crippen molar-refractivity contribution in [3.63, 3.8) is 0 Å². The van der Waals surface area contributed by atoms with Crippen LogP contribution in [0.3, 0.4) is 0 Å². The molecule has 10 heteroatoms. The van der Waals surface area contributed by atoms with E-state index >= 15 is 0 Å². The molecule has 0 saturated carbocycles. The molecule has 9 nitrogen and oxygen atoms in total. The normalized spacial score (nSPS) is 17.4. The Bertz CT molecular complexity index is 1210. The first kappa shape index (κ1) is 21.6. The highest BCUT2D eigenvalue weighted by molar-refractivity contribution is 7.81. The van der Waals surface area contributed by atoms with Gasteiger partial charge in [0.1, 0.15) is 5.50 Å². The van der Waals surface area contributed by atoms with Crippen LogP contribution < -0.4 is 21.3 Å². The number of carbonyl (C=O) groups excluding carboxylic acids is 3. The Morgan fingerprint density at radius 1 is 1.12 bits per heavy atom. The van der Waals surface area contributed by atoms with Gasteiger partial charge < -0.3 is 11.1 Å². The second-order valence-corrected chi connectivity index (χ2v) is 8.35. The van der Waals surface area contributed by atoms with Gasteiger partial charge in [0.15, 0.2) is 5.69 Å². The number of primary amides is 1. The first-order chi connectivity index (χ1) is 15.2. The molecule has 2 heterocycles. The predicted octanol–water partition coefficient (Wildman–Crippen LogP) is 2.15. The van der Waals surface area contributed by atoms with E-state index in [0.29, 0.717) is 16.9 Å². The molecular weight excluding hydrogens is 428 g/mol. The maximum absolute atomic E-state index is 13.0. The van der Waals surface area contributed by atoms with Crippen LogP contribution in [0.4, 0.5) is 11.4 Å². The molecule has 0 spiro atoms. The molecule has 1 aromatic heterocycles. The first-order valence-electron chi connectivity index (χ1n) is 9.83.